The van der Waals surface area contributed by atoms with Gasteiger partial charge in [-0.2, -0.15) is 0 Å². The van der Waals surface area contributed by atoms with E-state index in [0.29, 0.717) is 0 Å². The zero-order chi connectivity index (χ0) is 64.0. The van der Waals surface area contributed by atoms with Crippen LogP contribution in [0.5, 0.6) is 23.0 Å². The first-order valence-electron chi connectivity index (χ1n) is 30.1. The first-order valence-corrected chi connectivity index (χ1v) is 30.1. The molecule has 19 rings (SSSR count). The predicted octanol–water partition coefficient (Wildman–Crippen LogP) is 18.4. The van der Waals surface area contributed by atoms with Crippen LogP contribution in [0.25, 0.3) is 132 Å². The zero-order valence-corrected chi connectivity index (χ0v) is 50.3. The van der Waals surface area contributed by atoms with Crippen molar-refractivity contribution in [1.29, 1.82) is 0 Å². The maximum atomic E-state index is 9.14. The Hall–Kier alpha value is -13.2. The molecule has 0 bridgehead atoms. The highest BCUT2D eigenvalue weighted by atomic mass is 16.3. The maximum absolute atomic E-state index is 9.14. The first kappa shape index (κ1) is 59.7. The van der Waals surface area contributed by atoms with E-state index in [4.69, 9.17) is 20.4 Å². The van der Waals surface area contributed by atoms with Gasteiger partial charge in [-0.25, -0.2) is 49.8 Å². The SMILES string of the molecule is Oc1ccc2ccc(O)cc2c1.Oc1ccc2ccc(O)cc2c1.c1ccc2nc3ccccc3nc2c1.c1ccc2nc3ccccc3nc2c1.c1ccc2nc3ccccc3nc2c1.c1ccc2nc3ccccc3nc2c1.c1ccc2nc3ccccc3nc2c1. The van der Waals surface area contributed by atoms with Crippen LogP contribution in [0.3, 0.4) is 0 Å². The Balaban J connectivity index is 0.0000000997. The molecular weight excluding hydrogens is 1160 g/mol. The minimum atomic E-state index is 0.216. The molecule has 0 radical (unpaired) electrons. The lowest BCUT2D eigenvalue weighted by atomic mass is 10.1. The van der Waals surface area contributed by atoms with Crippen molar-refractivity contribution >= 4 is 132 Å². The normalized spacial score (nSPS) is 10.7. The molecule has 0 saturated carbocycles. The number of nitrogens with zero attached hydrogens (tertiary/aromatic N) is 10. The molecule has 0 atom stereocenters. The van der Waals surface area contributed by atoms with E-state index in [1.54, 1.807) is 48.5 Å². The number of benzene rings is 14. The Morgan fingerprint density at radius 1 is 0.128 bits per heavy atom. The fourth-order valence-corrected chi connectivity index (χ4v) is 10.3. The Kier molecular flexibility index (Phi) is 17.9. The molecule has 0 amide bonds. The van der Waals surface area contributed by atoms with Gasteiger partial charge in [0.1, 0.15) is 23.0 Å². The summed E-state index contributed by atoms with van der Waals surface area (Å²) >= 11 is 0. The van der Waals surface area contributed by atoms with Gasteiger partial charge in [0.05, 0.1) is 110 Å². The molecule has 0 aliphatic carbocycles. The second kappa shape index (κ2) is 28.1. The van der Waals surface area contributed by atoms with Gasteiger partial charge in [-0.05, 0) is 191 Å². The van der Waals surface area contributed by atoms with E-state index in [9.17, 15) is 0 Å². The van der Waals surface area contributed by atoms with Crippen molar-refractivity contribution in [3.8, 4) is 23.0 Å². The number of phenolic OH excluding ortho intramolecular Hbond substituents is 4. The number of rotatable bonds is 0. The van der Waals surface area contributed by atoms with E-state index in [-0.39, 0.29) is 23.0 Å². The van der Waals surface area contributed by atoms with E-state index in [2.05, 4.69) is 49.8 Å². The van der Waals surface area contributed by atoms with Crippen LogP contribution in [0.4, 0.5) is 0 Å². The van der Waals surface area contributed by atoms with Crippen LogP contribution in [0.15, 0.2) is 315 Å². The van der Waals surface area contributed by atoms with Crippen LogP contribution in [0.1, 0.15) is 0 Å². The summed E-state index contributed by atoms with van der Waals surface area (Å²) in [4.78, 5) is 45.2. The summed E-state index contributed by atoms with van der Waals surface area (Å²) in [7, 11) is 0. The molecule has 5 heterocycles. The summed E-state index contributed by atoms with van der Waals surface area (Å²) in [5, 5.41) is 40.3. The second-order valence-corrected chi connectivity index (χ2v) is 21.4. The topological polar surface area (TPSA) is 210 Å². The van der Waals surface area contributed by atoms with Crippen molar-refractivity contribution in [2.75, 3.05) is 0 Å². The van der Waals surface area contributed by atoms with E-state index in [0.717, 1.165) is 132 Å². The van der Waals surface area contributed by atoms with Crippen LogP contribution < -0.4 is 0 Å². The van der Waals surface area contributed by atoms with Crippen molar-refractivity contribution in [3.05, 3.63) is 315 Å². The molecule has 0 aliphatic heterocycles. The summed E-state index contributed by atoms with van der Waals surface area (Å²) in [5.41, 5.74) is 19.0. The van der Waals surface area contributed by atoms with Crippen LogP contribution in [0.2, 0.25) is 0 Å². The van der Waals surface area contributed by atoms with E-state index in [1.807, 2.05) is 267 Å². The quantitative estimate of drug-likeness (QED) is 0.104. The zero-order valence-electron chi connectivity index (χ0n) is 50.3. The Morgan fingerprint density at radius 3 is 0.340 bits per heavy atom. The standard InChI is InChI=1S/5C12H8N2.2C10H8O2/c5*1-2-6-10-9(5-1)13-11-7-3-4-8-12(11)14-10;2*11-9-3-1-7-2-4-10(12)6-8(7)5-9/h5*1-8H;2*1-6,11-12H. The van der Waals surface area contributed by atoms with Crippen molar-refractivity contribution in [2.24, 2.45) is 0 Å². The number of phenols is 4. The van der Waals surface area contributed by atoms with E-state index in [1.165, 1.54) is 0 Å². The number of aromatic nitrogens is 10. The smallest absolute Gasteiger partial charge is 0.116 e. The average molecular weight is 1220 g/mol. The number of hydrogen-bond donors (Lipinski definition) is 4. The number of para-hydroxylation sites is 20. The van der Waals surface area contributed by atoms with Gasteiger partial charge >= 0.3 is 0 Å². The van der Waals surface area contributed by atoms with Crippen molar-refractivity contribution in [3.63, 3.8) is 0 Å². The van der Waals surface area contributed by atoms with Crippen LogP contribution in [-0.4, -0.2) is 70.3 Å². The molecule has 14 heteroatoms. The molecule has 450 valence electrons. The van der Waals surface area contributed by atoms with Crippen LogP contribution >= 0.6 is 0 Å². The summed E-state index contributed by atoms with van der Waals surface area (Å²) in [6, 6.07) is 99.4. The Bertz CT molecular complexity index is 4560. The summed E-state index contributed by atoms with van der Waals surface area (Å²) in [6.07, 6.45) is 0. The molecule has 94 heavy (non-hydrogen) atoms. The van der Waals surface area contributed by atoms with Crippen molar-refractivity contribution in [2.45, 2.75) is 0 Å². The highest BCUT2D eigenvalue weighted by Crippen LogP contribution is 2.26. The molecule has 0 aliphatic rings. The Labute approximate surface area is 537 Å². The molecule has 0 saturated heterocycles. The van der Waals surface area contributed by atoms with Gasteiger partial charge in [0.2, 0.25) is 0 Å². The fraction of sp³-hybridized carbons (Fsp3) is 0. The minimum absolute atomic E-state index is 0.216. The Morgan fingerprint density at radius 2 is 0.234 bits per heavy atom. The van der Waals surface area contributed by atoms with Gasteiger partial charge in [-0.1, -0.05) is 146 Å². The predicted molar refractivity (Wildman–Crippen MR) is 380 cm³/mol. The molecule has 0 spiro atoms. The van der Waals surface area contributed by atoms with Crippen LogP contribution in [-0.2, 0) is 0 Å². The van der Waals surface area contributed by atoms with Crippen molar-refractivity contribution < 1.29 is 20.4 Å². The maximum Gasteiger partial charge on any atom is 0.116 e. The number of fused-ring (bicyclic) bond motifs is 12. The average Bonchev–Trinajstić information content (AvgIpc) is 1.34. The summed E-state index contributed by atoms with van der Waals surface area (Å²) in [6.45, 7) is 0. The third kappa shape index (κ3) is 14.6. The fourth-order valence-electron chi connectivity index (χ4n) is 10.3. The highest BCUT2D eigenvalue weighted by Gasteiger charge is 2.04. The first-order chi connectivity index (χ1) is 46.2. The van der Waals surface area contributed by atoms with Gasteiger partial charge < -0.3 is 20.4 Å². The molecule has 19 aromatic rings. The van der Waals surface area contributed by atoms with Gasteiger partial charge in [-0.3, -0.25) is 0 Å². The van der Waals surface area contributed by atoms with Gasteiger partial charge in [0.15, 0.2) is 0 Å². The molecular formula is C80H56N10O4. The molecule has 14 nitrogen and oxygen atoms in total. The largest absolute Gasteiger partial charge is 0.508 e. The number of hydrogen-bond acceptors (Lipinski definition) is 14. The minimum Gasteiger partial charge on any atom is -0.508 e. The monoisotopic (exact) mass is 1220 g/mol. The third-order valence-electron chi connectivity index (χ3n) is 14.8. The third-order valence-corrected chi connectivity index (χ3v) is 14.8. The van der Waals surface area contributed by atoms with E-state index < -0.39 is 0 Å². The van der Waals surface area contributed by atoms with Gasteiger partial charge in [0, 0.05) is 0 Å². The molecule has 5 aromatic heterocycles. The molecule has 0 fully saturated rings. The second-order valence-electron chi connectivity index (χ2n) is 21.4. The number of aromatic hydroxyl groups is 4. The molecule has 4 N–H and O–H groups in total. The lowest BCUT2D eigenvalue weighted by Crippen LogP contribution is -1.85. The highest BCUT2D eigenvalue weighted by molar-refractivity contribution is 5.91. The van der Waals surface area contributed by atoms with E-state index >= 15 is 0 Å². The summed E-state index contributed by atoms with van der Waals surface area (Å²) in [5.74, 6) is 0.863. The lowest BCUT2D eigenvalue weighted by molar-refractivity contribution is 0.473. The molecule has 14 aromatic carbocycles. The lowest BCUT2D eigenvalue weighted by Gasteiger charge is -1.98. The summed E-state index contributed by atoms with van der Waals surface area (Å²) < 4.78 is 0. The van der Waals surface area contributed by atoms with Gasteiger partial charge in [0.25, 0.3) is 0 Å². The van der Waals surface area contributed by atoms with Crippen LogP contribution in [0, 0.1) is 0 Å². The van der Waals surface area contributed by atoms with Crippen molar-refractivity contribution in [1.82, 2.24) is 49.8 Å². The van der Waals surface area contributed by atoms with Gasteiger partial charge in [-0.15, -0.1) is 0 Å². The molecule has 0 unspecified atom stereocenters.